The third-order valence-electron chi connectivity index (χ3n) is 7.13. The number of hydrogen-bond donors (Lipinski definition) is 2. The number of aliphatic hydroxyl groups excluding tert-OH is 1. The number of nitrogens with two attached hydrogens (primary N) is 1. The summed E-state index contributed by atoms with van der Waals surface area (Å²) in [5.74, 6) is 1.74. The number of piperidine rings is 1. The Morgan fingerprint density at radius 3 is 2.62 bits per heavy atom. The molecule has 3 aliphatic rings. The molecule has 1 aromatic carbocycles. The van der Waals surface area contributed by atoms with E-state index in [1.165, 1.54) is 6.42 Å². The predicted molar refractivity (Wildman–Crippen MR) is 132 cm³/mol. The Hall–Kier alpha value is -3.04. The number of aromatic nitrogens is 3. The van der Waals surface area contributed by atoms with Crippen molar-refractivity contribution in [3.8, 4) is 0 Å². The van der Waals surface area contributed by atoms with Gasteiger partial charge in [0.25, 0.3) is 5.91 Å². The summed E-state index contributed by atoms with van der Waals surface area (Å²) in [5, 5.41) is 15.3. The second kappa shape index (κ2) is 8.32. The highest BCUT2D eigenvalue weighted by atomic mass is 35.5. The van der Waals surface area contributed by atoms with Crippen LogP contribution in [0, 0.1) is 0 Å². The maximum Gasteiger partial charge on any atom is 0.256 e. The first-order valence-corrected chi connectivity index (χ1v) is 12.3. The number of carbonyl (C=O) groups is 1. The van der Waals surface area contributed by atoms with Gasteiger partial charge >= 0.3 is 0 Å². The summed E-state index contributed by atoms with van der Waals surface area (Å²) in [6.07, 6.45) is 3.63. The zero-order valence-electron chi connectivity index (χ0n) is 18.9. The molecule has 3 saturated heterocycles. The average molecular weight is 482 g/mol. The van der Waals surface area contributed by atoms with Gasteiger partial charge in [0.15, 0.2) is 5.65 Å². The summed E-state index contributed by atoms with van der Waals surface area (Å²) in [4.78, 5) is 24.7. The Bertz CT molecular complexity index is 1250. The largest absolute Gasteiger partial charge is 0.398 e. The molecule has 2 aromatic heterocycles. The standard InChI is InChI=1S/C24H28ClN7O2/c25-15-5-6-18(26)17(10-15)24(34)31-9-2-1-4-20(31)19-11-22-27-21(29-7-3-8-29)12-23(32(22)28-19)30-13-16(33)14-30/h5-6,10-12,16,20,33H,1-4,7-9,13-14,26H2. The summed E-state index contributed by atoms with van der Waals surface area (Å²) < 4.78 is 1.86. The summed E-state index contributed by atoms with van der Waals surface area (Å²) in [7, 11) is 0. The van der Waals surface area contributed by atoms with E-state index in [2.05, 4.69) is 15.9 Å². The Labute approximate surface area is 202 Å². The number of aliphatic hydroxyl groups is 1. The maximum absolute atomic E-state index is 13.5. The number of likely N-dealkylation sites (tertiary alicyclic amines) is 1. The Morgan fingerprint density at radius 2 is 1.88 bits per heavy atom. The lowest BCUT2D eigenvalue weighted by molar-refractivity contribution is 0.0606. The number of β-amino-alcohol motifs (C(OH)–C–C–N with tert-alkyl or cyclic N) is 1. The number of rotatable bonds is 4. The van der Waals surface area contributed by atoms with Crippen molar-refractivity contribution in [3.05, 3.63) is 46.6 Å². The van der Waals surface area contributed by atoms with Crippen LogP contribution in [-0.2, 0) is 0 Å². The van der Waals surface area contributed by atoms with Gasteiger partial charge in [-0.05, 0) is 43.9 Å². The van der Waals surface area contributed by atoms with E-state index < -0.39 is 0 Å². The molecule has 3 fully saturated rings. The summed E-state index contributed by atoms with van der Waals surface area (Å²) >= 11 is 6.16. The van der Waals surface area contributed by atoms with E-state index in [4.69, 9.17) is 27.4 Å². The monoisotopic (exact) mass is 481 g/mol. The maximum atomic E-state index is 13.5. The number of benzene rings is 1. The molecule has 3 aliphatic heterocycles. The van der Waals surface area contributed by atoms with Gasteiger partial charge in [0.1, 0.15) is 11.6 Å². The second-order valence-corrected chi connectivity index (χ2v) is 9.89. The van der Waals surface area contributed by atoms with Crippen LogP contribution < -0.4 is 15.5 Å². The number of nitrogens with zero attached hydrogens (tertiary/aromatic N) is 6. The van der Waals surface area contributed by atoms with E-state index in [0.29, 0.717) is 35.9 Å². The molecule has 1 amide bonds. The van der Waals surface area contributed by atoms with Gasteiger partial charge in [0.05, 0.1) is 23.4 Å². The lowest BCUT2D eigenvalue weighted by Gasteiger charge is -2.39. The molecule has 178 valence electrons. The van der Waals surface area contributed by atoms with Crippen LogP contribution in [0.25, 0.3) is 5.65 Å². The third kappa shape index (κ3) is 3.63. The Balaban J connectivity index is 1.39. The van der Waals surface area contributed by atoms with E-state index in [1.807, 2.05) is 15.5 Å². The van der Waals surface area contributed by atoms with E-state index in [1.54, 1.807) is 18.2 Å². The number of anilines is 3. The number of amides is 1. The highest BCUT2D eigenvalue weighted by Gasteiger charge is 2.33. The third-order valence-corrected chi connectivity index (χ3v) is 7.37. The molecule has 6 rings (SSSR count). The van der Waals surface area contributed by atoms with Gasteiger partial charge in [0, 0.05) is 55.6 Å². The Kier molecular flexibility index (Phi) is 5.26. The van der Waals surface area contributed by atoms with Crippen molar-refractivity contribution in [1.29, 1.82) is 0 Å². The molecular formula is C24H28ClN7O2. The Morgan fingerprint density at radius 1 is 1.06 bits per heavy atom. The van der Waals surface area contributed by atoms with Crippen molar-refractivity contribution in [1.82, 2.24) is 19.5 Å². The van der Waals surface area contributed by atoms with Gasteiger partial charge in [-0.2, -0.15) is 9.61 Å². The number of carbonyl (C=O) groups excluding carboxylic acids is 1. The molecule has 3 aromatic rings. The molecule has 5 heterocycles. The lowest BCUT2D eigenvalue weighted by atomic mass is 9.98. The molecule has 3 N–H and O–H groups in total. The zero-order chi connectivity index (χ0) is 23.4. The van der Waals surface area contributed by atoms with E-state index in [9.17, 15) is 9.90 Å². The topological polar surface area (TPSA) is 103 Å². The van der Waals surface area contributed by atoms with E-state index in [0.717, 1.165) is 55.3 Å². The van der Waals surface area contributed by atoms with Gasteiger partial charge < -0.3 is 25.5 Å². The van der Waals surface area contributed by atoms with Crippen molar-refractivity contribution in [2.75, 3.05) is 48.3 Å². The first-order valence-electron chi connectivity index (χ1n) is 11.9. The average Bonchev–Trinajstić information content (AvgIpc) is 3.21. The molecular weight excluding hydrogens is 454 g/mol. The fraction of sp³-hybridized carbons (Fsp3) is 0.458. The first kappa shape index (κ1) is 21.5. The predicted octanol–water partition coefficient (Wildman–Crippen LogP) is 2.72. The van der Waals surface area contributed by atoms with Gasteiger partial charge in [-0.25, -0.2) is 4.98 Å². The molecule has 1 unspecified atom stereocenters. The van der Waals surface area contributed by atoms with Crippen molar-refractivity contribution in [2.24, 2.45) is 0 Å². The van der Waals surface area contributed by atoms with Crippen LogP contribution in [-0.4, -0.2) is 69.3 Å². The van der Waals surface area contributed by atoms with Crippen LogP contribution in [0.2, 0.25) is 5.02 Å². The fourth-order valence-electron chi connectivity index (χ4n) is 5.05. The molecule has 0 spiro atoms. The van der Waals surface area contributed by atoms with Crippen LogP contribution in [0.5, 0.6) is 0 Å². The molecule has 0 aliphatic carbocycles. The van der Waals surface area contributed by atoms with Crippen LogP contribution >= 0.6 is 11.6 Å². The highest BCUT2D eigenvalue weighted by molar-refractivity contribution is 6.31. The van der Waals surface area contributed by atoms with Crippen LogP contribution in [0.1, 0.15) is 47.8 Å². The number of nitrogen functional groups attached to an aromatic ring is 1. The highest BCUT2D eigenvalue weighted by Crippen LogP contribution is 2.35. The van der Waals surface area contributed by atoms with E-state index >= 15 is 0 Å². The van der Waals surface area contributed by atoms with Crippen LogP contribution in [0.4, 0.5) is 17.3 Å². The van der Waals surface area contributed by atoms with Crippen molar-refractivity contribution >= 4 is 40.5 Å². The minimum Gasteiger partial charge on any atom is -0.398 e. The van der Waals surface area contributed by atoms with Gasteiger partial charge in [-0.15, -0.1) is 0 Å². The van der Waals surface area contributed by atoms with Gasteiger partial charge in [-0.1, -0.05) is 11.6 Å². The first-order chi connectivity index (χ1) is 16.5. The molecule has 0 saturated carbocycles. The minimum absolute atomic E-state index is 0.123. The summed E-state index contributed by atoms with van der Waals surface area (Å²) in [6.45, 7) is 3.79. The van der Waals surface area contributed by atoms with E-state index in [-0.39, 0.29) is 18.1 Å². The molecule has 0 radical (unpaired) electrons. The molecule has 34 heavy (non-hydrogen) atoms. The summed E-state index contributed by atoms with van der Waals surface area (Å²) in [5.41, 5.74) is 8.56. The zero-order valence-corrected chi connectivity index (χ0v) is 19.7. The molecule has 1 atom stereocenters. The van der Waals surface area contributed by atoms with Crippen molar-refractivity contribution in [3.63, 3.8) is 0 Å². The molecule has 9 nitrogen and oxygen atoms in total. The number of halogens is 1. The molecule has 10 heteroatoms. The van der Waals surface area contributed by atoms with Crippen LogP contribution in [0.3, 0.4) is 0 Å². The summed E-state index contributed by atoms with van der Waals surface area (Å²) in [6, 6.07) is 8.91. The lowest BCUT2D eigenvalue weighted by Crippen LogP contribution is -2.51. The van der Waals surface area contributed by atoms with Crippen molar-refractivity contribution < 1.29 is 9.90 Å². The van der Waals surface area contributed by atoms with Gasteiger partial charge in [-0.3, -0.25) is 4.79 Å². The van der Waals surface area contributed by atoms with Crippen molar-refractivity contribution in [2.45, 2.75) is 37.8 Å². The molecule has 0 bridgehead atoms. The SMILES string of the molecule is Nc1ccc(Cl)cc1C(=O)N1CCCCC1c1cc2nc(N3CCC3)cc(N3CC(O)C3)n2n1. The fourth-order valence-corrected chi connectivity index (χ4v) is 5.22. The van der Waals surface area contributed by atoms with Crippen LogP contribution in [0.15, 0.2) is 30.3 Å². The normalized spacial score (nSPS) is 21.0. The quantitative estimate of drug-likeness (QED) is 0.552. The smallest absolute Gasteiger partial charge is 0.256 e. The van der Waals surface area contributed by atoms with Gasteiger partial charge in [0.2, 0.25) is 0 Å². The second-order valence-electron chi connectivity index (χ2n) is 9.45. The number of hydrogen-bond acceptors (Lipinski definition) is 7. The number of fused-ring (bicyclic) bond motifs is 1. The minimum atomic E-state index is -0.319.